The molecular formula is C16H26N2O. The van der Waals surface area contributed by atoms with Gasteiger partial charge in [0.1, 0.15) is 5.41 Å². The zero-order chi connectivity index (χ0) is 13.9. The molecule has 1 amide bonds. The van der Waals surface area contributed by atoms with E-state index in [0.29, 0.717) is 5.41 Å². The van der Waals surface area contributed by atoms with Gasteiger partial charge >= 0.3 is 0 Å². The van der Waals surface area contributed by atoms with Crippen molar-refractivity contribution >= 4 is 5.91 Å². The molecule has 0 spiro atoms. The summed E-state index contributed by atoms with van der Waals surface area (Å²) in [4.78, 5) is 14.7. The Morgan fingerprint density at radius 2 is 1.53 bits per heavy atom. The standard InChI is InChI=1S/C16H26N2O/c1-15(2)9-11-18(12-10-15)14(19)16(13-17)7-5-3-4-6-8-16/h3-12H2,1-2H3. The van der Waals surface area contributed by atoms with Gasteiger partial charge in [-0.15, -0.1) is 0 Å². The monoisotopic (exact) mass is 262 g/mol. The first-order chi connectivity index (χ1) is 8.99. The van der Waals surface area contributed by atoms with Crippen LogP contribution in [-0.2, 0) is 4.79 Å². The van der Waals surface area contributed by atoms with E-state index >= 15 is 0 Å². The predicted octanol–water partition coefficient (Wildman–Crippen LogP) is 3.50. The maximum Gasteiger partial charge on any atom is 0.243 e. The molecule has 0 aromatic heterocycles. The Morgan fingerprint density at radius 1 is 1.00 bits per heavy atom. The second-order valence-electron chi connectivity index (χ2n) is 7.06. The summed E-state index contributed by atoms with van der Waals surface area (Å²) in [5, 5.41) is 9.57. The number of carbonyl (C=O) groups is 1. The number of hydrogen-bond acceptors (Lipinski definition) is 2. The Kier molecular flexibility index (Phi) is 4.18. The highest BCUT2D eigenvalue weighted by Crippen LogP contribution is 2.38. The van der Waals surface area contributed by atoms with Crippen molar-refractivity contribution in [2.45, 2.75) is 65.2 Å². The number of carbonyl (C=O) groups excluding carboxylic acids is 1. The number of rotatable bonds is 1. The highest BCUT2D eigenvalue weighted by Gasteiger charge is 2.42. The van der Waals surface area contributed by atoms with Crippen LogP contribution in [0.2, 0.25) is 0 Å². The number of likely N-dealkylation sites (tertiary alicyclic amines) is 1. The van der Waals surface area contributed by atoms with Gasteiger partial charge in [-0.05, 0) is 31.1 Å². The van der Waals surface area contributed by atoms with Crippen molar-refractivity contribution in [1.29, 1.82) is 5.26 Å². The third-order valence-electron chi connectivity index (χ3n) is 4.98. The van der Waals surface area contributed by atoms with E-state index in [1.807, 2.05) is 4.90 Å². The zero-order valence-corrected chi connectivity index (χ0v) is 12.4. The Labute approximate surface area is 117 Å². The summed E-state index contributed by atoms with van der Waals surface area (Å²) in [7, 11) is 0. The van der Waals surface area contributed by atoms with E-state index in [2.05, 4.69) is 19.9 Å². The molecule has 3 nitrogen and oxygen atoms in total. The van der Waals surface area contributed by atoms with E-state index in [0.717, 1.165) is 51.6 Å². The smallest absolute Gasteiger partial charge is 0.243 e. The van der Waals surface area contributed by atoms with Crippen molar-refractivity contribution in [3.8, 4) is 6.07 Å². The molecule has 2 fully saturated rings. The molecule has 0 unspecified atom stereocenters. The molecule has 0 aromatic rings. The summed E-state index contributed by atoms with van der Waals surface area (Å²) < 4.78 is 0. The van der Waals surface area contributed by atoms with E-state index < -0.39 is 5.41 Å². The van der Waals surface area contributed by atoms with Crippen LogP contribution in [0.15, 0.2) is 0 Å². The molecule has 0 aromatic carbocycles. The van der Waals surface area contributed by atoms with Crippen molar-refractivity contribution in [3.63, 3.8) is 0 Å². The minimum atomic E-state index is -0.710. The average Bonchev–Trinajstić information content (AvgIpc) is 2.64. The summed E-state index contributed by atoms with van der Waals surface area (Å²) in [6.45, 7) is 6.19. The van der Waals surface area contributed by atoms with Gasteiger partial charge in [0.05, 0.1) is 6.07 Å². The Balaban J connectivity index is 2.07. The first-order valence-corrected chi connectivity index (χ1v) is 7.70. The predicted molar refractivity (Wildman–Crippen MR) is 75.3 cm³/mol. The quantitative estimate of drug-likeness (QED) is 0.679. The lowest BCUT2D eigenvalue weighted by atomic mass is 9.78. The van der Waals surface area contributed by atoms with Gasteiger partial charge in [0.2, 0.25) is 5.91 Å². The minimum Gasteiger partial charge on any atom is -0.341 e. The van der Waals surface area contributed by atoms with Crippen LogP contribution in [-0.4, -0.2) is 23.9 Å². The fraction of sp³-hybridized carbons (Fsp3) is 0.875. The lowest BCUT2D eigenvalue weighted by molar-refractivity contribution is -0.141. The van der Waals surface area contributed by atoms with Crippen LogP contribution < -0.4 is 0 Å². The van der Waals surface area contributed by atoms with Crippen molar-refractivity contribution in [2.75, 3.05) is 13.1 Å². The second-order valence-corrected chi connectivity index (χ2v) is 7.06. The molecule has 2 aliphatic rings. The van der Waals surface area contributed by atoms with Gasteiger partial charge in [-0.3, -0.25) is 4.79 Å². The van der Waals surface area contributed by atoms with Crippen LogP contribution in [0.25, 0.3) is 0 Å². The topological polar surface area (TPSA) is 44.1 Å². The Hall–Kier alpha value is -1.04. The number of amides is 1. The van der Waals surface area contributed by atoms with Crippen molar-refractivity contribution < 1.29 is 4.79 Å². The molecule has 1 heterocycles. The number of nitriles is 1. The molecule has 3 heteroatoms. The molecule has 1 aliphatic heterocycles. The van der Waals surface area contributed by atoms with E-state index in [-0.39, 0.29) is 5.91 Å². The van der Waals surface area contributed by atoms with Crippen LogP contribution in [0.3, 0.4) is 0 Å². The molecule has 2 rings (SSSR count). The van der Waals surface area contributed by atoms with E-state index in [9.17, 15) is 10.1 Å². The molecule has 106 valence electrons. The largest absolute Gasteiger partial charge is 0.341 e. The fourth-order valence-electron chi connectivity index (χ4n) is 3.32. The third-order valence-corrected chi connectivity index (χ3v) is 4.98. The lowest BCUT2D eigenvalue weighted by Gasteiger charge is -2.40. The molecule has 1 saturated carbocycles. The van der Waals surface area contributed by atoms with Gasteiger partial charge in [0.15, 0.2) is 0 Å². The Morgan fingerprint density at radius 3 is 2.00 bits per heavy atom. The fourth-order valence-corrected chi connectivity index (χ4v) is 3.32. The molecule has 0 radical (unpaired) electrons. The maximum atomic E-state index is 12.8. The van der Waals surface area contributed by atoms with Crippen molar-refractivity contribution in [1.82, 2.24) is 4.90 Å². The number of piperidine rings is 1. The van der Waals surface area contributed by atoms with Crippen LogP contribution in [0.4, 0.5) is 0 Å². The lowest BCUT2D eigenvalue weighted by Crippen LogP contribution is -2.48. The zero-order valence-electron chi connectivity index (χ0n) is 12.4. The summed E-state index contributed by atoms with van der Waals surface area (Å²) in [5.41, 5.74) is -0.363. The van der Waals surface area contributed by atoms with Gasteiger partial charge in [-0.25, -0.2) is 0 Å². The maximum absolute atomic E-state index is 12.8. The molecule has 0 bridgehead atoms. The molecule has 0 atom stereocenters. The first kappa shape index (κ1) is 14.4. The minimum absolute atomic E-state index is 0.118. The van der Waals surface area contributed by atoms with E-state index in [1.54, 1.807) is 0 Å². The summed E-state index contributed by atoms with van der Waals surface area (Å²) in [6.07, 6.45) is 8.04. The van der Waals surface area contributed by atoms with Crippen LogP contribution in [0.5, 0.6) is 0 Å². The average molecular weight is 262 g/mol. The van der Waals surface area contributed by atoms with E-state index in [1.165, 1.54) is 12.8 Å². The van der Waals surface area contributed by atoms with Gasteiger partial charge in [-0.1, -0.05) is 39.5 Å². The number of hydrogen-bond donors (Lipinski definition) is 0. The highest BCUT2D eigenvalue weighted by molar-refractivity contribution is 5.85. The normalized spacial score (nSPS) is 26.3. The Bertz CT molecular complexity index is 363. The summed E-state index contributed by atoms with van der Waals surface area (Å²) >= 11 is 0. The van der Waals surface area contributed by atoms with Crippen molar-refractivity contribution in [3.05, 3.63) is 0 Å². The third kappa shape index (κ3) is 3.11. The molecule has 0 N–H and O–H groups in total. The van der Waals surface area contributed by atoms with Crippen LogP contribution in [0, 0.1) is 22.2 Å². The molecule has 1 aliphatic carbocycles. The summed E-state index contributed by atoms with van der Waals surface area (Å²) in [5.74, 6) is 0.118. The van der Waals surface area contributed by atoms with Gasteiger partial charge < -0.3 is 4.90 Å². The molecule has 19 heavy (non-hydrogen) atoms. The molecule has 1 saturated heterocycles. The van der Waals surface area contributed by atoms with Gasteiger partial charge in [0.25, 0.3) is 0 Å². The SMILES string of the molecule is CC1(C)CCN(C(=O)C2(C#N)CCCCCC2)CC1. The van der Waals surface area contributed by atoms with Crippen LogP contribution >= 0.6 is 0 Å². The highest BCUT2D eigenvalue weighted by atomic mass is 16.2. The second kappa shape index (κ2) is 5.53. The van der Waals surface area contributed by atoms with Crippen molar-refractivity contribution in [2.24, 2.45) is 10.8 Å². The first-order valence-electron chi connectivity index (χ1n) is 7.70. The van der Waals surface area contributed by atoms with Gasteiger partial charge in [-0.2, -0.15) is 5.26 Å². The molecular weight excluding hydrogens is 236 g/mol. The van der Waals surface area contributed by atoms with E-state index in [4.69, 9.17) is 0 Å². The van der Waals surface area contributed by atoms with Crippen LogP contribution in [0.1, 0.15) is 65.2 Å². The summed E-state index contributed by atoms with van der Waals surface area (Å²) in [6, 6.07) is 2.38. The van der Waals surface area contributed by atoms with Gasteiger partial charge in [0, 0.05) is 13.1 Å². The number of nitrogens with zero attached hydrogens (tertiary/aromatic N) is 2.